The maximum atomic E-state index is 13.0. The van der Waals surface area contributed by atoms with Gasteiger partial charge in [-0.15, -0.1) is 6.42 Å². The molecule has 0 spiro atoms. The zero-order chi connectivity index (χ0) is 23.4. The molecule has 9 nitrogen and oxygen atoms in total. The van der Waals surface area contributed by atoms with Gasteiger partial charge in [0, 0.05) is 0 Å². The van der Waals surface area contributed by atoms with Crippen molar-refractivity contribution in [1.82, 2.24) is 5.32 Å². The largest absolute Gasteiger partial charge is 0.545 e. The van der Waals surface area contributed by atoms with Crippen molar-refractivity contribution in [1.29, 1.82) is 0 Å². The molecule has 4 amide bonds. The predicted octanol–water partition coefficient (Wildman–Crippen LogP) is 1.50. The number of carbonyl (C=O) groups is 4. The van der Waals surface area contributed by atoms with Crippen molar-refractivity contribution in [2.24, 2.45) is 0 Å². The number of rotatable bonds is 6. The monoisotopic (exact) mass is 497 g/mol. The highest BCUT2D eigenvalue weighted by Crippen LogP contribution is 2.37. The van der Waals surface area contributed by atoms with Gasteiger partial charge in [0.25, 0.3) is 11.8 Å². The summed E-state index contributed by atoms with van der Waals surface area (Å²) in [6, 6.07) is 7.02. The Morgan fingerprint density at radius 1 is 1.25 bits per heavy atom. The minimum absolute atomic E-state index is 0.00406. The molecule has 0 radical (unpaired) electrons. The van der Waals surface area contributed by atoms with Crippen LogP contribution >= 0.6 is 15.9 Å². The van der Waals surface area contributed by atoms with E-state index in [0.29, 0.717) is 21.5 Å². The summed E-state index contributed by atoms with van der Waals surface area (Å²) in [5.74, 6) is -0.192. The van der Waals surface area contributed by atoms with Crippen LogP contribution in [0.3, 0.4) is 0 Å². The summed E-state index contributed by atoms with van der Waals surface area (Å²) in [6.07, 6.45) is 6.49. The molecular weight excluding hydrogens is 484 g/mol. The van der Waals surface area contributed by atoms with E-state index < -0.39 is 23.8 Å². The molecule has 0 aromatic heterocycles. The van der Waals surface area contributed by atoms with Crippen LogP contribution in [0.15, 0.2) is 46.4 Å². The van der Waals surface area contributed by atoms with Gasteiger partial charge in [-0.25, -0.2) is 9.69 Å². The van der Waals surface area contributed by atoms with Crippen molar-refractivity contribution < 1.29 is 33.8 Å². The average Bonchev–Trinajstić information content (AvgIpc) is 2.75. The number of aromatic carboxylic acids is 1. The molecule has 1 aliphatic heterocycles. The zero-order valence-electron chi connectivity index (χ0n) is 16.5. The second-order valence-corrected chi connectivity index (χ2v) is 7.17. The minimum atomic E-state index is -1.41. The Morgan fingerprint density at radius 2 is 1.94 bits per heavy atom. The summed E-state index contributed by atoms with van der Waals surface area (Å²) in [5.41, 5.74) is 0.0314. The lowest BCUT2D eigenvalue weighted by Crippen LogP contribution is -2.54. The van der Waals surface area contributed by atoms with E-state index in [2.05, 4.69) is 27.2 Å². The first-order chi connectivity index (χ1) is 15.3. The second kappa shape index (κ2) is 9.36. The van der Waals surface area contributed by atoms with Gasteiger partial charge in [-0.05, 0) is 57.4 Å². The predicted molar refractivity (Wildman–Crippen MR) is 115 cm³/mol. The number of nitrogens with zero attached hydrogens (tertiary/aromatic N) is 1. The lowest BCUT2D eigenvalue weighted by atomic mass is 10.1. The van der Waals surface area contributed by atoms with E-state index in [0.717, 1.165) is 4.90 Å². The molecule has 1 saturated heterocycles. The van der Waals surface area contributed by atoms with Gasteiger partial charge in [0.05, 0.1) is 23.2 Å². The molecule has 3 rings (SSSR count). The Balaban J connectivity index is 2.00. The quantitative estimate of drug-likeness (QED) is 0.364. The van der Waals surface area contributed by atoms with Crippen molar-refractivity contribution in [3.63, 3.8) is 0 Å². The van der Waals surface area contributed by atoms with Crippen LogP contribution in [0.4, 0.5) is 10.5 Å². The smallest absolute Gasteiger partial charge is 0.335 e. The number of imide groups is 2. The van der Waals surface area contributed by atoms with Crippen LogP contribution in [0.2, 0.25) is 0 Å². The van der Waals surface area contributed by atoms with Gasteiger partial charge in [0.1, 0.15) is 12.2 Å². The molecule has 0 aliphatic carbocycles. The van der Waals surface area contributed by atoms with Crippen LogP contribution in [-0.4, -0.2) is 37.5 Å². The normalized spacial score (nSPS) is 14.7. The van der Waals surface area contributed by atoms with Gasteiger partial charge in [-0.1, -0.05) is 18.1 Å². The molecule has 0 saturated carbocycles. The van der Waals surface area contributed by atoms with E-state index >= 15 is 0 Å². The van der Waals surface area contributed by atoms with Crippen LogP contribution in [0, 0.1) is 12.3 Å². The van der Waals surface area contributed by atoms with Crippen molar-refractivity contribution >= 4 is 51.5 Å². The summed E-state index contributed by atoms with van der Waals surface area (Å²) < 4.78 is 11.2. The Bertz CT molecular complexity index is 1200. The van der Waals surface area contributed by atoms with Gasteiger partial charge in [-0.3, -0.25) is 14.9 Å². The third-order valence-corrected chi connectivity index (χ3v) is 4.91. The van der Waals surface area contributed by atoms with E-state index in [1.807, 2.05) is 0 Å². The van der Waals surface area contributed by atoms with E-state index in [-0.39, 0.29) is 23.4 Å². The molecule has 32 heavy (non-hydrogen) atoms. The number of barbiturate groups is 1. The van der Waals surface area contributed by atoms with Crippen molar-refractivity contribution in [2.45, 2.75) is 0 Å². The number of anilines is 1. The highest BCUT2D eigenvalue weighted by atomic mass is 79.9. The molecule has 1 heterocycles. The number of urea groups is 1. The first kappa shape index (κ1) is 22.6. The molecule has 2 aromatic rings. The number of carboxylic acid groups (broad SMARTS) is 1. The number of ether oxygens (including phenoxy) is 2. The minimum Gasteiger partial charge on any atom is -0.545 e. The van der Waals surface area contributed by atoms with E-state index in [9.17, 15) is 24.3 Å². The average molecular weight is 498 g/mol. The number of carboxylic acids is 1. The maximum Gasteiger partial charge on any atom is 0.335 e. The third-order valence-electron chi connectivity index (χ3n) is 4.33. The van der Waals surface area contributed by atoms with Crippen molar-refractivity contribution in [2.75, 3.05) is 18.6 Å². The number of benzene rings is 2. The zero-order valence-corrected chi connectivity index (χ0v) is 18.1. The van der Waals surface area contributed by atoms with E-state index in [1.54, 1.807) is 6.07 Å². The van der Waals surface area contributed by atoms with Gasteiger partial charge >= 0.3 is 6.03 Å². The van der Waals surface area contributed by atoms with E-state index in [4.69, 9.17) is 15.9 Å². The van der Waals surface area contributed by atoms with Gasteiger partial charge in [0.2, 0.25) is 0 Å². The number of halogens is 1. The van der Waals surface area contributed by atoms with E-state index in [1.165, 1.54) is 43.5 Å². The Kier molecular flexibility index (Phi) is 6.61. The summed E-state index contributed by atoms with van der Waals surface area (Å²) in [7, 11) is 1.41. The molecule has 162 valence electrons. The summed E-state index contributed by atoms with van der Waals surface area (Å²) in [5, 5.41) is 13.0. The van der Waals surface area contributed by atoms with Crippen molar-refractivity contribution in [3.8, 4) is 23.8 Å². The topological polar surface area (TPSA) is 125 Å². The number of terminal acetylenes is 1. The molecule has 1 N–H and O–H groups in total. The number of hydrogen-bond donors (Lipinski definition) is 1. The summed E-state index contributed by atoms with van der Waals surface area (Å²) in [6.45, 7) is 0.00406. The van der Waals surface area contributed by atoms with Gasteiger partial charge in [-0.2, -0.15) is 0 Å². The fourth-order valence-corrected chi connectivity index (χ4v) is 3.46. The second-order valence-electron chi connectivity index (χ2n) is 6.32. The molecule has 1 aliphatic rings. The van der Waals surface area contributed by atoms with Crippen LogP contribution in [0.5, 0.6) is 11.5 Å². The highest BCUT2D eigenvalue weighted by molar-refractivity contribution is 9.10. The maximum absolute atomic E-state index is 13.0. The summed E-state index contributed by atoms with van der Waals surface area (Å²) in [4.78, 5) is 49.3. The fraction of sp³-hybridized carbons (Fsp3) is 0.0909. The fourth-order valence-electron chi connectivity index (χ4n) is 2.88. The summed E-state index contributed by atoms with van der Waals surface area (Å²) >= 11 is 3.33. The molecule has 0 bridgehead atoms. The number of methoxy groups -OCH3 is 1. The molecule has 10 heteroatoms. The van der Waals surface area contributed by atoms with Gasteiger partial charge < -0.3 is 19.4 Å². The molecule has 0 unspecified atom stereocenters. The first-order valence-electron chi connectivity index (χ1n) is 8.93. The Morgan fingerprint density at radius 3 is 2.53 bits per heavy atom. The number of hydrogen-bond acceptors (Lipinski definition) is 7. The van der Waals surface area contributed by atoms with Crippen LogP contribution in [0.25, 0.3) is 6.08 Å². The molecule has 1 fully saturated rings. The van der Waals surface area contributed by atoms with Crippen LogP contribution in [-0.2, 0) is 9.59 Å². The third kappa shape index (κ3) is 4.48. The number of nitrogens with one attached hydrogen (secondary N) is 1. The number of amides is 4. The Hall–Kier alpha value is -4.10. The lowest BCUT2D eigenvalue weighted by Gasteiger charge is -2.26. The lowest BCUT2D eigenvalue weighted by molar-refractivity contribution is -0.255. The molecule has 0 atom stereocenters. The SMILES string of the molecule is C#CCOc1c(Br)cc(/C=C2/C(=O)NC(=O)N(c3ccc(C(=O)[O-])cc3)C2=O)cc1OC. The van der Waals surface area contributed by atoms with Crippen molar-refractivity contribution in [3.05, 3.63) is 57.6 Å². The first-order valence-corrected chi connectivity index (χ1v) is 9.72. The number of carbonyl (C=O) groups excluding carboxylic acids is 4. The van der Waals surface area contributed by atoms with Crippen LogP contribution in [0.1, 0.15) is 15.9 Å². The highest BCUT2D eigenvalue weighted by Gasteiger charge is 2.36. The molecule has 2 aromatic carbocycles. The molecular formula is C22H14BrN2O7-. The van der Waals surface area contributed by atoms with Gasteiger partial charge in [0.15, 0.2) is 11.5 Å². The Labute approximate surface area is 190 Å². The standard InChI is InChI=1S/C22H15BrN2O7/c1-3-8-32-18-16(23)10-12(11-17(18)31-2)9-15-19(26)24-22(30)25(20(15)27)14-6-4-13(5-7-14)21(28)29/h1,4-7,9-11H,8H2,2H3,(H,28,29)(H,24,26,30)/p-1/b15-9-. The van der Waals surface area contributed by atoms with Crippen LogP contribution < -0.4 is 24.8 Å².